The van der Waals surface area contributed by atoms with Crippen LogP contribution in [0.3, 0.4) is 0 Å². The van der Waals surface area contributed by atoms with Crippen LogP contribution in [0.2, 0.25) is 0 Å². The maximum Gasteiger partial charge on any atom is 0.322 e. The number of methoxy groups -OCH3 is 1. The number of nitrogens with zero attached hydrogens (tertiary/aromatic N) is 1. The van der Waals surface area contributed by atoms with Crippen molar-refractivity contribution in [1.82, 2.24) is 15.5 Å². The van der Waals surface area contributed by atoms with Gasteiger partial charge in [-0.15, -0.1) is 0 Å². The van der Waals surface area contributed by atoms with Gasteiger partial charge in [0.15, 0.2) is 5.41 Å². The quantitative estimate of drug-likeness (QED) is 0.630. The second kappa shape index (κ2) is 5.06. The Labute approximate surface area is 135 Å². The van der Waals surface area contributed by atoms with Gasteiger partial charge in [-0.25, -0.2) is 0 Å². The SMILES string of the molecule is COCc1cc(CNC(=O)[C@@]23CC[C@@](C)(OC2=O)C3(C)C)[nH]n1. The number of aromatic amines is 1. The van der Waals surface area contributed by atoms with Crippen molar-refractivity contribution in [2.45, 2.75) is 52.4 Å². The van der Waals surface area contributed by atoms with Gasteiger partial charge in [0, 0.05) is 12.5 Å². The Morgan fingerprint density at radius 2 is 2.17 bits per heavy atom. The van der Waals surface area contributed by atoms with E-state index in [1.807, 2.05) is 26.8 Å². The van der Waals surface area contributed by atoms with Crippen LogP contribution < -0.4 is 5.32 Å². The second-order valence-corrected chi connectivity index (χ2v) is 7.15. The molecule has 2 heterocycles. The van der Waals surface area contributed by atoms with E-state index in [0.717, 1.165) is 11.4 Å². The standard InChI is InChI=1S/C16H23N3O4/c1-14(2)15(3)5-6-16(14,13(21)23-15)12(20)17-8-10-7-11(9-22-4)19-18-10/h7H,5-6,8-9H2,1-4H3,(H,17,20)(H,18,19)/t15-,16+/m1/s1. The molecule has 2 N–H and O–H groups in total. The molecule has 7 heteroatoms. The monoisotopic (exact) mass is 321 g/mol. The maximum absolute atomic E-state index is 12.8. The summed E-state index contributed by atoms with van der Waals surface area (Å²) in [5.41, 5.74) is -0.662. The topological polar surface area (TPSA) is 93.3 Å². The van der Waals surface area contributed by atoms with E-state index in [4.69, 9.17) is 9.47 Å². The van der Waals surface area contributed by atoms with Crippen LogP contribution in [0.4, 0.5) is 0 Å². The van der Waals surface area contributed by atoms with Gasteiger partial charge in [0.05, 0.1) is 24.5 Å². The van der Waals surface area contributed by atoms with Crippen LogP contribution >= 0.6 is 0 Å². The molecule has 1 aromatic rings. The van der Waals surface area contributed by atoms with Gasteiger partial charge in [-0.1, -0.05) is 13.8 Å². The smallest absolute Gasteiger partial charge is 0.322 e. The fourth-order valence-electron chi connectivity index (χ4n) is 3.87. The fraction of sp³-hybridized carbons (Fsp3) is 0.688. The molecule has 0 unspecified atom stereocenters. The minimum Gasteiger partial charge on any atom is -0.458 e. The van der Waals surface area contributed by atoms with E-state index >= 15 is 0 Å². The van der Waals surface area contributed by atoms with Gasteiger partial charge >= 0.3 is 5.97 Å². The van der Waals surface area contributed by atoms with Crippen LogP contribution in [0.15, 0.2) is 6.07 Å². The van der Waals surface area contributed by atoms with Gasteiger partial charge in [0.1, 0.15) is 5.60 Å². The van der Waals surface area contributed by atoms with Crippen LogP contribution in [-0.2, 0) is 32.2 Å². The summed E-state index contributed by atoms with van der Waals surface area (Å²) in [6.45, 7) is 6.50. The highest BCUT2D eigenvalue weighted by Gasteiger charge is 2.76. The Balaban J connectivity index is 1.74. The van der Waals surface area contributed by atoms with Crippen molar-refractivity contribution in [2.24, 2.45) is 10.8 Å². The molecule has 0 aromatic carbocycles. The van der Waals surface area contributed by atoms with E-state index in [9.17, 15) is 9.59 Å². The normalized spacial score (nSPS) is 31.2. The van der Waals surface area contributed by atoms with Crippen LogP contribution in [0.1, 0.15) is 45.0 Å². The van der Waals surface area contributed by atoms with Crippen molar-refractivity contribution in [1.29, 1.82) is 0 Å². The molecular formula is C16H23N3O4. The highest BCUT2D eigenvalue weighted by molar-refractivity contribution is 6.06. The Bertz CT molecular complexity index is 654. The van der Waals surface area contributed by atoms with Gasteiger partial charge in [0.25, 0.3) is 0 Å². The van der Waals surface area contributed by atoms with Crippen molar-refractivity contribution in [3.05, 3.63) is 17.5 Å². The van der Waals surface area contributed by atoms with Crippen molar-refractivity contribution >= 4 is 11.9 Å². The lowest BCUT2D eigenvalue weighted by molar-refractivity contribution is -0.162. The van der Waals surface area contributed by atoms with Crippen LogP contribution in [0.5, 0.6) is 0 Å². The van der Waals surface area contributed by atoms with E-state index in [0.29, 0.717) is 19.4 Å². The molecule has 1 saturated carbocycles. The number of aromatic nitrogens is 2. The summed E-state index contributed by atoms with van der Waals surface area (Å²) >= 11 is 0. The summed E-state index contributed by atoms with van der Waals surface area (Å²) in [6, 6.07) is 1.83. The number of rotatable bonds is 5. The third-order valence-electron chi connectivity index (χ3n) is 5.84. The van der Waals surface area contributed by atoms with Crippen molar-refractivity contribution in [3.8, 4) is 0 Å². The number of nitrogens with one attached hydrogen (secondary N) is 2. The number of carbonyl (C=O) groups excluding carboxylic acids is 2. The third kappa shape index (κ3) is 2.02. The van der Waals surface area contributed by atoms with Gasteiger partial charge in [-0.2, -0.15) is 5.10 Å². The Hall–Kier alpha value is -1.89. The highest BCUT2D eigenvalue weighted by atomic mass is 16.6. The first kappa shape index (κ1) is 16.0. The van der Waals surface area contributed by atoms with Gasteiger partial charge in [-0.05, 0) is 25.8 Å². The molecule has 1 aromatic heterocycles. The average Bonchev–Trinajstić information content (AvgIpc) is 3.04. The number of hydrogen-bond donors (Lipinski definition) is 2. The Kier molecular flexibility index (Phi) is 3.51. The zero-order valence-electron chi connectivity index (χ0n) is 14.0. The number of amides is 1. The molecule has 3 rings (SSSR count). The summed E-state index contributed by atoms with van der Waals surface area (Å²) in [5.74, 6) is -0.671. The molecule has 1 saturated heterocycles. The molecular weight excluding hydrogens is 298 g/mol. The molecule has 2 aliphatic rings. The predicted octanol–water partition coefficient (Wildman–Crippen LogP) is 1.29. The molecule has 2 bridgehead atoms. The summed E-state index contributed by atoms with van der Waals surface area (Å²) < 4.78 is 10.5. The number of esters is 1. The Morgan fingerprint density at radius 1 is 1.43 bits per heavy atom. The van der Waals surface area contributed by atoms with Crippen molar-refractivity contribution < 1.29 is 19.1 Å². The first-order valence-corrected chi connectivity index (χ1v) is 7.81. The summed E-state index contributed by atoms with van der Waals surface area (Å²) in [5, 5.41) is 9.81. The lowest BCUT2D eigenvalue weighted by Gasteiger charge is -2.34. The molecule has 1 aliphatic carbocycles. The highest BCUT2D eigenvalue weighted by Crippen LogP contribution is 2.65. The van der Waals surface area contributed by atoms with Gasteiger partial charge in [-0.3, -0.25) is 14.7 Å². The van der Waals surface area contributed by atoms with E-state index in [-0.39, 0.29) is 12.5 Å². The zero-order chi connectivity index (χ0) is 16.9. The molecule has 2 atom stereocenters. The average molecular weight is 321 g/mol. The number of fused-ring (bicyclic) bond motifs is 2. The fourth-order valence-corrected chi connectivity index (χ4v) is 3.87. The van der Waals surface area contributed by atoms with Gasteiger partial charge < -0.3 is 14.8 Å². The van der Waals surface area contributed by atoms with E-state index < -0.39 is 22.4 Å². The van der Waals surface area contributed by atoms with Crippen molar-refractivity contribution in [3.63, 3.8) is 0 Å². The lowest BCUT2D eigenvalue weighted by Crippen LogP contribution is -2.50. The second-order valence-electron chi connectivity index (χ2n) is 7.15. The van der Waals surface area contributed by atoms with E-state index in [2.05, 4.69) is 15.5 Å². The lowest BCUT2D eigenvalue weighted by atomic mass is 9.65. The number of ether oxygens (including phenoxy) is 2. The number of H-pyrrole nitrogens is 1. The van der Waals surface area contributed by atoms with E-state index in [1.54, 1.807) is 7.11 Å². The molecule has 7 nitrogen and oxygen atoms in total. The summed E-state index contributed by atoms with van der Waals surface area (Å²) in [4.78, 5) is 25.2. The number of hydrogen-bond acceptors (Lipinski definition) is 5. The molecule has 2 fully saturated rings. The van der Waals surface area contributed by atoms with Crippen molar-refractivity contribution in [2.75, 3.05) is 7.11 Å². The molecule has 1 aliphatic heterocycles. The molecule has 0 radical (unpaired) electrons. The minimum absolute atomic E-state index is 0.267. The molecule has 23 heavy (non-hydrogen) atoms. The third-order valence-corrected chi connectivity index (χ3v) is 5.84. The zero-order valence-corrected chi connectivity index (χ0v) is 14.0. The number of carbonyl (C=O) groups is 2. The molecule has 0 spiro atoms. The molecule has 1 amide bonds. The Morgan fingerprint density at radius 3 is 2.74 bits per heavy atom. The first-order chi connectivity index (χ1) is 10.8. The van der Waals surface area contributed by atoms with E-state index in [1.165, 1.54) is 0 Å². The minimum atomic E-state index is -1.10. The first-order valence-electron chi connectivity index (χ1n) is 7.81. The van der Waals surface area contributed by atoms with Crippen LogP contribution in [-0.4, -0.2) is 34.8 Å². The maximum atomic E-state index is 12.8. The van der Waals surface area contributed by atoms with Crippen LogP contribution in [0, 0.1) is 10.8 Å². The molecule has 126 valence electrons. The van der Waals surface area contributed by atoms with Gasteiger partial charge in [0.2, 0.25) is 5.91 Å². The summed E-state index contributed by atoms with van der Waals surface area (Å²) in [7, 11) is 1.60. The summed E-state index contributed by atoms with van der Waals surface area (Å²) in [6.07, 6.45) is 1.24. The predicted molar refractivity (Wildman–Crippen MR) is 81.1 cm³/mol. The van der Waals surface area contributed by atoms with Crippen LogP contribution in [0.25, 0.3) is 0 Å². The largest absolute Gasteiger partial charge is 0.458 e.